The average Bonchev–Trinajstić information content (AvgIpc) is 2.52. The van der Waals surface area contributed by atoms with Crippen LogP contribution in [0.5, 0.6) is 5.75 Å². The Balaban J connectivity index is 1.92. The molecule has 118 valence electrons. The predicted molar refractivity (Wildman–Crippen MR) is 78.9 cm³/mol. The van der Waals surface area contributed by atoms with Crippen LogP contribution in [0, 0.1) is 16.0 Å². The van der Waals surface area contributed by atoms with Crippen molar-refractivity contribution >= 4 is 17.5 Å². The van der Waals surface area contributed by atoms with Crippen LogP contribution in [-0.2, 0) is 4.79 Å². The molecule has 0 saturated carbocycles. The highest BCUT2D eigenvalue weighted by molar-refractivity contribution is 5.98. The van der Waals surface area contributed by atoms with Gasteiger partial charge in [-0.05, 0) is 54.7 Å². The summed E-state index contributed by atoms with van der Waals surface area (Å²) in [5, 5.41) is 14.2. The first-order valence-electron chi connectivity index (χ1n) is 7.40. The fraction of sp³-hybridized carbons (Fsp3) is 0.571. The number of anilines is 1. The molecule has 1 atom stereocenters. The summed E-state index contributed by atoms with van der Waals surface area (Å²) < 4.78 is 5.51. The van der Waals surface area contributed by atoms with Gasteiger partial charge in [0, 0.05) is 12.6 Å². The van der Waals surface area contributed by atoms with Gasteiger partial charge in [0.15, 0.2) is 11.9 Å². The molecule has 1 aromatic rings. The summed E-state index contributed by atoms with van der Waals surface area (Å²) in [5.41, 5.74) is 0. The van der Waals surface area contributed by atoms with E-state index < -0.39 is 11.0 Å². The maximum absolute atomic E-state index is 12.4. The lowest BCUT2D eigenvalue weighted by molar-refractivity contribution is -0.389. The third-order valence-electron chi connectivity index (χ3n) is 4.08. The van der Waals surface area contributed by atoms with Crippen molar-refractivity contribution in [2.75, 3.05) is 24.5 Å². The van der Waals surface area contributed by atoms with Crippen LogP contribution in [-0.4, -0.2) is 41.6 Å². The Morgan fingerprint density at radius 1 is 1.45 bits per heavy atom. The second-order valence-corrected chi connectivity index (χ2v) is 5.65. The molecule has 2 aliphatic rings. The number of fused-ring (bicyclic) bond motifs is 1. The van der Waals surface area contributed by atoms with Gasteiger partial charge < -0.3 is 20.2 Å². The summed E-state index contributed by atoms with van der Waals surface area (Å²) in [5.74, 6) is 0.575. The first-order valence-corrected chi connectivity index (χ1v) is 7.40. The minimum Gasteiger partial charge on any atom is -0.475 e. The molecule has 8 heteroatoms. The maximum Gasteiger partial charge on any atom is 0.366 e. The van der Waals surface area contributed by atoms with E-state index in [0.29, 0.717) is 18.2 Å². The number of nitrogens with zero attached hydrogens (tertiary/aromatic N) is 3. The second-order valence-electron chi connectivity index (χ2n) is 5.65. The van der Waals surface area contributed by atoms with Crippen molar-refractivity contribution < 1.29 is 14.5 Å². The number of pyridine rings is 1. The van der Waals surface area contributed by atoms with Crippen LogP contribution >= 0.6 is 0 Å². The number of nitro groups is 1. The molecule has 0 aliphatic carbocycles. The lowest BCUT2D eigenvalue weighted by Crippen LogP contribution is -2.48. The number of nitrogens with one attached hydrogen (secondary N) is 1. The Hall–Kier alpha value is -2.22. The second kappa shape index (κ2) is 5.88. The predicted octanol–water partition coefficient (Wildman–Crippen LogP) is 1.10. The highest BCUT2D eigenvalue weighted by atomic mass is 16.6. The van der Waals surface area contributed by atoms with E-state index in [1.54, 1.807) is 11.8 Å². The van der Waals surface area contributed by atoms with Crippen molar-refractivity contribution in [3.05, 3.63) is 22.2 Å². The van der Waals surface area contributed by atoms with Crippen molar-refractivity contribution in [1.82, 2.24) is 10.3 Å². The molecule has 1 aromatic heterocycles. The van der Waals surface area contributed by atoms with Gasteiger partial charge in [0.2, 0.25) is 0 Å². The fourth-order valence-electron chi connectivity index (χ4n) is 2.88. The standard InChI is InChI=1S/C14H18N4O4/c1-9-14(19)17(8-10-4-6-15-7-5-10)13-11(22-9)2-3-12(16-13)18(20)21/h2-3,9-10,15H,4-8H2,1H3. The van der Waals surface area contributed by atoms with E-state index >= 15 is 0 Å². The third-order valence-corrected chi connectivity index (χ3v) is 4.08. The Morgan fingerprint density at radius 3 is 2.86 bits per heavy atom. The van der Waals surface area contributed by atoms with E-state index in [2.05, 4.69) is 10.3 Å². The lowest BCUT2D eigenvalue weighted by atomic mass is 9.97. The SMILES string of the molecule is CC1Oc2ccc([N+](=O)[O-])nc2N(CC2CCNCC2)C1=O. The number of carbonyl (C=O) groups excluding carboxylic acids is 1. The van der Waals surface area contributed by atoms with Crippen LogP contribution in [0.3, 0.4) is 0 Å². The molecule has 8 nitrogen and oxygen atoms in total. The van der Waals surface area contributed by atoms with E-state index in [1.807, 2.05) is 0 Å². The first kappa shape index (κ1) is 14.7. The number of rotatable bonds is 3. The number of ether oxygens (including phenoxy) is 1. The quantitative estimate of drug-likeness (QED) is 0.663. The largest absolute Gasteiger partial charge is 0.475 e. The number of amides is 1. The van der Waals surface area contributed by atoms with E-state index in [-0.39, 0.29) is 17.5 Å². The minimum atomic E-state index is -0.600. The number of piperidine rings is 1. The molecule has 2 aliphatic heterocycles. The topological polar surface area (TPSA) is 97.6 Å². The van der Waals surface area contributed by atoms with Gasteiger partial charge in [-0.2, -0.15) is 0 Å². The molecule has 1 fully saturated rings. The molecule has 22 heavy (non-hydrogen) atoms. The molecule has 0 radical (unpaired) electrons. The third kappa shape index (κ3) is 2.74. The lowest BCUT2D eigenvalue weighted by Gasteiger charge is -2.33. The summed E-state index contributed by atoms with van der Waals surface area (Å²) in [6.07, 6.45) is 1.35. The van der Waals surface area contributed by atoms with Crippen LogP contribution in [0.1, 0.15) is 19.8 Å². The smallest absolute Gasteiger partial charge is 0.366 e. The van der Waals surface area contributed by atoms with Gasteiger partial charge in [-0.1, -0.05) is 0 Å². The molecule has 1 saturated heterocycles. The van der Waals surface area contributed by atoms with E-state index in [9.17, 15) is 14.9 Å². The van der Waals surface area contributed by atoms with Gasteiger partial charge in [0.05, 0.1) is 0 Å². The van der Waals surface area contributed by atoms with Gasteiger partial charge >= 0.3 is 5.82 Å². The number of aromatic nitrogens is 1. The first-order chi connectivity index (χ1) is 10.6. The molecule has 3 rings (SSSR count). The van der Waals surface area contributed by atoms with Gasteiger partial charge in [0.25, 0.3) is 11.7 Å². The Morgan fingerprint density at radius 2 is 2.18 bits per heavy atom. The Labute approximate surface area is 127 Å². The van der Waals surface area contributed by atoms with Crippen LogP contribution in [0.25, 0.3) is 0 Å². The molecule has 0 spiro atoms. The van der Waals surface area contributed by atoms with Gasteiger partial charge in [-0.3, -0.25) is 9.69 Å². The molecule has 0 bridgehead atoms. The summed E-state index contributed by atoms with van der Waals surface area (Å²) in [6.45, 7) is 4.06. The summed E-state index contributed by atoms with van der Waals surface area (Å²) in [7, 11) is 0. The highest BCUT2D eigenvalue weighted by Gasteiger charge is 2.37. The molecule has 1 N–H and O–H groups in total. The van der Waals surface area contributed by atoms with Gasteiger partial charge in [-0.15, -0.1) is 0 Å². The van der Waals surface area contributed by atoms with Gasteiger partial charge in [-0.25, -0.2) is 0 Å². The summed E-state index contributed by atoms with van der Waals surface area (Å²) >= 11 is 0. The number of carbonyl (C=O) groups is 1. The average molecular weight is 306 g/mol. The monoisotopic (exact) mass is 306 g/mol. The van der Waals surface area contributed by atoms with Crippen LogP contribution in [0.2, 0.25) is 0 Å². The normalized spacial score (nSPS) is 22.1. The van der Waals surface area contributed by atoms with Crippen molar-refractivity contribution in [3.63, 3.8) is 0 Å². The van der Waals surface area contributed by atoms with Crippen LogP contribution in [0.4, 0.5) is 11.6 Å². The number of hydrogen-bond donors (Lipinski definition) is 1. The molecule has 0 aromatic carbocycles. The van der Waals surface area contributed by atoms with E-state index in [4.69, 9.17) is 4.74 Å². The zero-order valence-corrected chi connectivity index (χ0v) is 12.3. The summed E-state index contributed by atoms with van der Waals surface area (Å²) in [4.78, 5) is 28.3. The Kier molecular flexibility index (Phi) is 3.93. The van der Waals surface area contributed by atoms with Crippen molar-refractivity contribution in [2.24, 2.45) is 5.92 Å². The van der Waals surface area contributed by atoms with Gasteiger partial charge in [0.1, 0.15) is 0 Å². The van der Waals surface area contributed by atoms with Crippen molar-refractivity contribution in [2.45, 2.75) is 25.9 Å². The van der Waals surface area contributed by atoms with Crippen LogP contribution < -0.4 is 15.0 Å². The maximum atomic E-state index is 12.4. The van der Waals surface area contributed by atoms with Crippen molar-refractivity contribution in [3.8, 4) is 5.75 Å². The molecular formula is C14H18N4O4. The molecular weight excluding hydrogens is 288 g/mol. The molecule has 3 heterocycles. The molecule has 1 amide bonds. The zero-order valence-electron chi connectivity index (χ0n) is 12.3. The summed E-state index contributed by atoms with van der Waals surface area (Å²) in [6, 6.07) is 2.81. The number of hydrogen-bond acceptors (Lipinski definition) is 6. The molecule has 1 unspecified atom stereocenters. The highest BCUT2D eigenvalue weighted by Crippen LogP contribution is 2.35. The van der Waals surface area contributed by atoms with Crippen molar-refractivity contribution in [1.29, 1.82) is 0 Å². The fourth-order valence-corrected chi connectivity index (χ4v) is 2.88. The van der Waals surface area contributed by atoms with Crippen LogP contribution in [0.15, 0.2) is 12.1 Å². The zero-order chi connectivity index (χ0) is 15.7. The minimum absolute atomic E-state index is 0.195. The Bertz CT molecular complexity index is 601. The van der Waals surface area contributed by atoms with E-state index in [1.165, 1.54) is 12.1 Å². The van der Waals surface area contributed by atoms with E-state index in [0.717, 1.165) is 25.9 Å².